The molecule has 2 aromatic rings. The van der Waals surface area contributed by atoms with Crippen molar-refractivity contribution in [3.05, 3.63) is 47.8 Å². The summed E-state index contributed by atoms with van der Waals surface area (Å²) in [6.45, 7) is 5.25. The van der Waals surface area contributed by atoms with E-state index < -0.39 is 24.1 Å². The Kier molecular flexibility index (Phi) is 5.10. The third kappa shape index (κ3) is 5.54. The predicted octanol–water partition coefficient (Wildman–Crippen LogP) is 1.82. The smallest absolute Gasteiger partial charge is 0.361 e. The van der Waals surface area contributed by atoms with Crippen molar-refractivity contribution in [2.45, 2.75) is 32.9 Å². The Morgan fingerprint density at radius 1 is 1.17 bits per heavy atom. The van der Waals surface area contributed by atoms with Crippen molar-refractivity contribution in [2.75, 3.05) is 6.61 Å². The third-order valence-electron chi connectivity index (χ3n) is 2.68. The molecule has 0 atom stereocenters. The molecular formula is C16H19N3O4. The second-order valence-electron chi connectivity index (χ2n) is 5.95. The summed E-state index contributed by atoms with van der Waals surface area (Å²) in [5.74, 6) is -1.32. The van der Waals surface area contributed by atoms with Gasteiger partial charge >= 0.3 is 11.9 Å². The number of ether oxygens (including phenoxy) is 2. The zero-order valence-electron chi connectivity index (χ0n) is 13.4. The lowest BCUT2D eigenvalue weighted by Gasteiger charge is -2.19. The van der Waals surface area contributed by atoms with E-state index in [1.165, 1.54) is 10.9 Å². The zero-order valence-corrected chi connectivity index (χ0v) is 13.4. The second kappa shape index (κ2) is 7.04. The lowest BCUT2D eigenvalue weighted by molar-refractivity contribution is -0.158. The van der Waals surface area contributed by atoms with Gasteiger partial charge in [0.1, 0.15) is 5.60 Å². The standard InChI is InChI=1S/C16H19N3O4/c1-16(2,3)23-14(20)11-22-15(21)13-10-19(18-17-13)9-12-7-5-4-6-8-12/h4-8,10H,9,11H2,1-3H3. The Balaban J connectivity index is 1.87. The average molecular weight is 317 g/mol. The van der Waals surface area contributed by atoms with Gasteiger partial charge in [-0.25, -0.2) is 14.3 Å². The van der Waals surface area contributed by atoms with E-state index in [9.17, 15) is 9.59 Å². The van der Waals surface area contributed by atoms with E-state index in [-0.39, 0.29) is 5.69 Å². The minimum absolute atomic E-state index is 0.0458. The minimum Gasteiger partial charge on any atom is -0.457 e. The van der Waals surface area contributed by atoms with Gasteiger partial charge in [0.25, 0.3) is 0 Å². The number of aromatic nitrogens is 3. The van der Waals surface area contributed by atoms with Crippen LogP contribution in [0.1, 0.15) is 36.8 Å². The van der Waals surface area contributed by atoms with Gasteiger partial charge in [0.2, 0.25) is 0 Å². The number of esters is 2. The average Bonchev–Trinajstić information content (AvgIpc) is 2.92. The summed E-state index contributed by atoms with van der Waals surface area (Å²) in [6, 6.07) is 9.65. The fourth-order valence-electron chi connectivity index (χ4n) is 1.81. The molecule has 122 valence electrons. The SMILES string of the molecule is CC(C)(C)OC(=O)COC(=O)c1cn(Cc2ccccc2)nn1. The Bertz CT molecular complexity index is 674. The van der Waals surface area contributed by atoms with Crippen LogP contribution in [0.25, 0.3) is 0 Å². The number of hydrogen-bond acceptors (Lipinski definition) is 6. The first kappa shape index (κ1) is 16.7. The summed E-state index contributed by atoms with van der Waals surface area (Å²) >= 11 is 0. The third-order valence-corrected chi connectivity index (χ3v) is 2.68. The number of carbonyl (C=O) groups excluding carboxylic acids is 2. The summed E-state index contributed by atoms with van der Waals surface area (Å²) in [6.07, 6.45) is 1.48. The maximum Gasteiger partial charge on any atom is 0.361 e. The molecule has 1 aromatic carbocycles. The van der Waals surface area contributed by atoms with Gasteiger partial charge in [0.05, 0.1) is 12.7 Å². The number of nitrogens with zero attached hydrogens (tertiary/aromatic N) is 3. The van der Waals surface area contributed by atoms with Crippen LogP contribution < -0.4 is 0 Å². The highest BCUT2D eigenvalue weighted by Gasteiger charge is 2.19. The normalized spacial score (nSPS) is 11.1. The van der Waals surface area contributed by atoms with Gasteiger partial charge in [-0.05, 0) is 26.3 Å². The van der Waals surface area contributed by atoms with E-state index >= 15 is 0 Å². The Morgan fingerprint density at radius 2 is 1.87 bits per heavy atom. The molecule has 2 rings (SSSR count). The van der Waals surface area contributed by atoms with Gasteiger partial charge < -0.3 is 9.47 Å². The molecule has 0 aliphatic heterocycles. The highest BCUT2D eigenvalue weighted by Crippen LogP contribution is 2.07. The number of rotatable bonds is 5. The molecule has 7 nitrogen and oxygen atoms in total. The van der Waals surface area contributed by atoms with Crippen LogP contribution in [0.15, 0.2) is 36.5 Å². The first-order valence-corrected chi connectivity index (χ1v) is 7.16. The maximum atomic E-state index is 11.8. The Hall–Kier alpha value is -2.70. The van der Waals surface area contributed by atoms with E-state index in [0.717, 1.165) is 5.56 Å². The molecule has 0 aliphatic rings. The Labute approximate surface area is 134 Å². The van der Waals surface area contributed by atoms with Crippen LogP contribution in [0.3, 0.4) is 0 Å². The highest BCUT2D eigenvalue weighted by atomic mass is 16.6. The van der Waals surface area contributed by atoms with Gasteiger partial charge in [-0.1, -0.05) is 35.5 Å². The topological polar surface area (TPSA) is 83.3 Å². The van der Waals surface area contributed by atoms with Crippen LogP contribution >= 0.6 is 0 Å². The molecule has 0 N–H and O–H groups in total. The summed E-state index contributed by atoms with van der Waals surface area (Å²) in [7, 11) is 0. The van der Waals surface area contributed by atoms with Crippen molar-refractivity contribution >= 4 is 11.9 Å². The van der Waals surface area contributed by atoms with Crippen LogP contribution in [0.4, 0.5) is 0 Å². The minimum atomic E-state index is -0.713. The second-order valence-corrected chi connectivity index (χ2v) is 5.95. The van der Waals surface area contributed by atoms with Crippen LogP contribution in [0.5, 0.6) is 0 Å². The van der Waals surface area contributed by atoms with Crippen molar-refractivity contribution < 1.29 is 19.1 Å². The van der Waals surface area contributed by atoms with E-state index in [1.807, 2.05) is 30.3 Å². The van der Waals surface area contributed by atoms with Crippen LogP contribution in [0, 0.1) is 0 Å². The van der Waals surface area contributed by atoms with Gasteiger partial charge in [-0.2, -0.15) is 0 Å². The summed E-state index contributed by atoms with van der Waals surface area (Å²) in [4.78, 5) is 23.3. The predicted molar refractivity (Wildman–Crippen MR) is 81.7 cm³/mol. The molecule has 0 bridgehead atoms. The van der Waals surface area contributed by atoms with Crippen LogP contribution in [-0.2, 0) is 20.8 Å². The molecule has 0 aliphatic carbocycles. The van der Waals surface area contributed by atoms with Crippen molar-refractivity contribution in [3.63, 3.8) is 0 Å². The molecule has 0 fully saturated rings. The molecule has 7 heteroatoms. The monoisotopic (exact) mass is 317 g/mol. The molecule has 0 spiro atoms. The first-order chi connectivity index (χ1) is 10.8. The lowest BCUT2D eigenvalue weighted by atomic mass is 10.2. The number of carbonyl (C=O) groups is 2. The van der Waals surface area contributed by atoms with Crippen molar-refractivity contribution in [3.8, 4) is 0 Å². The van der Waals surface area contributed by atoms with Gasteiger partial charge in [-0.3, -0.25) is 0 Å². The van der Waals surface area contributed by atoms with Gasteiger partial charge in [-0.15, -0.1) is 5.10 Å². The molecule has 0 saturated heterocycles. The molecule has 0 radical (unpaired) electrons. The maximum absolute atomic E-state index is 11.8. The lowest BCUT2D eigenvalue weighted by Crippen LogP contribution is -2.27. The number of benzene rings is 1. The van der Waals surface area contributed by atoms with E-state index in [2.05, 4.69) is 10.3 Å². The highest BCUT2D eigenvalue weighted by molar-refractivity contribution is 5.88. The van der Waals surface area contributed by atoms with Gasteiger partial charge in [0, 0.05) is 0 Å². The molecule has 0 unspecified atom stereocenters. The fourth-order valence-corrected chi connectivity index (χ4v) is 1.81. The fraction of sp³-hybridized carbons (Fsp3) is 0.375. The van der Waals surface area contributed by atoms with Crippen molar-refractivity contribution in [1.82, 2.24) is 15.0 Å². The summed E-state index contributed by atoms with van der Waals surface area (Å²) in [5.41, 5.74) is 0.457. The Morgan fingerprint density at radius 3 is 2.52 bits per heavy atom. The molecular weight excluding hydrogens is 298 g/mol. The van der Waals surface area contributed by atoms with Crippen molar-refractivity contribution in [2.24, 2.45) is 0 Å². The molecule has 1 aromatic heterocycles. The number of hydrogen-bond donors (Lipinski definition) is 0. The summed E-state index contributed by atoms with van der Waals surface area (Å²) < 4.78 is 11.4. The summed E-state index contributed by atoms with van der Waals surface area (Å²) in [5, 5.41) is 7.62. The molecule has 0 amide bonds. The van der Waals surface area contributed by atoms with Crippen LogP contribution in [-0.4, -0.2) is 39.1 Å². The van der Waals surface area contributed by atoms with E-state index in [4.69, 9.17) is 9.47 Å². The van der Waals surface area contributed by atoms with E-state index in [1.54, 1.807) is 20.8 Å². The van der Waals surface area contributed by atoms with Crippen molar-refractivity contribution in [1.29, 1.82) is 0 Å². The largest absolute Gasteiger partial charge is 0.457 e. The molecule has 23 heavy (non-hydrogen) atoms. The molecule has 0 saturated carbocycles. The van der Waals surface area contributed by atoms with Gasteiger partial charge in [0.15, 0.2) is 12.3 Å². The molecule has 1 heterocycles. The zero-order chi connectivity index (χ0) is 16.9. The quantitative estimate of drug-likeness (QED) is 0.782. The van der Waals surface area contributed by atoms with E-state index in [0.29, 0.717) is 6.54 Å². The van der Waals surface area contributed by atoms with Crippen LogP contribution in [0.2, 0.25) is 0 Å². The first-order valence-electron chi connectivity index (χ1n) is 7.16.